The number of piperidine rings is 1. The second-order valence-corrected chi connectivity index (χ2v) is 6.57. The molecule has 2 aromatic rings. The molecule has 0 amide bonds. The first-order valence-electron chi connectivity index (χ1n) is 7.60. The highest BCUT2D eigenvalue weighted by atomic mass is 32.1. The molecule has 3 heterocycles. The van der Waals surface area contributed by atoms with Crippen LogP contribution in [-0.4, -0.2) is 35.6 Å². The summed E-state index contributed by atoms with van der Waals surface area (Å²) in [6, 6.07) is 4.82. The normalized spacial score (nSPS) is 17.9. The molecule has 2 aromatic heterocycles. The predicted molar refractivity (Wildman–Crippen MR) is 88.0 cm³/mol. The summed E-state index contributed by atoms with van der Waals surface area (Å²) in [7, 11) is 0. The summed E-state index contributed by atoms with van der Waals surface area (Å²) in [5.74, 6) is 0.503. The van der Waals surface area contributed by atoms with E-state index in [1.54, 1.807) is 11.3 Å². The monoisotopic (exact) mass is 302 g/mol. The maximum Gasteiger partial charge on any atom is 0.0965 e. The molecule has 1 saturated heterocycles. The van der Waals surface area contributed by atoms with Gasteiger partial charge in [-0.1, -0.05) is 6.92 Å². The molecule has 0 spiro atoms. The number of thiazole rings is 1. The van der Waals surface area contributed by atoms with Crippen LogP contribution in [0.5, 0.6) is 0 Å². The second-order valence-electron chi connectivity index (χ2n) is 5.65. The molecule has 1 aliphatic heterocycles. The Morgan fingerprint density at radius 1 is 1.29 bits per heavy atom. The van der Waals surface area contributed by atoms with Gasteiger partial charge in [-0.05, 0) is 25.0 Å². The third-order valence-corrected chi connectivity index (χ3v) is 5.12. The first-order valence-corrected chi connectivity index (χ1v) is 8.48. The maximum atomic E-state index is 4.40. The van der Waals surface area contributed by atoms with Crippen molar-refractivity contribution in [2.45, 2.75) is 31.7 Å². The zero-order valence-electron chi connectivity index (χ0n) is 12.4. The summed E-state index contributed by atoms with van der Waals surface area (Å²) in [5.41, 5.74) is 1.29. The molecule has 0 saturated carbocycles. The fraction of sp³-hybridized carbons (Fsp3) is 0.500. The van der Waals surface area contributed by atoms with E-state index >= 15 is 0 Å². The van der Waals surface area contributed by atoms with Crippen LogP contribution in [0.2, 0.25) is 0 Å². The highest BCUT2D eigenvalue weighted by molar-refractivity contribution is 7.09. The SMILES string of the molecule is CC(CNC1CCN(c2ccncc2)CC1)c1nccs1. The van der Waals surface area contributed by atoms with Crippen LogP contribution in [-0.2, 0) is 0 Å². The summed E-state index contributed by atoms with van der Waals surface area (Å²) in [6.07, 6.45) is 8.04. The molecule has 21 heavy (non-hydrogen) atoms. The van der Waals surface area contributed by atoms with E-state index < -0.39 is 0 Å². The number of nitrogens with zero attached hydrogens (tertiary/aromatic N) is 3. The highest BCUT2D eigenvalue weighted by Crippen LogP contribution is 2.20. The number of anilines is 1. The van der Waals surface area contributed by atoms with E-state index in [4.69, 9.17) is 0 Å². The molecule has 0 radical (unpaired) electrons. The van der Waals surface area contributed by atoms with Crippen LogP contribution in [0, 0.1) is 0 Å². The zero-order chi connectivity index (χ0) is 14.5. The number of rotatable bonds is 5. The number of hydrogen-bond acceptors (Lipinski definition) is 5. The summed E-state index contributed by atoms with van der Waals surface area (Å²) >= 11 is 1.75. The van der Waals surface area contributed by atoms with Crippen molar-refractivity contribution in [3.63, 3.8) is 0 Å². The van der Waals surface area contributed by atoms with Gasteiger partial charge in [0, 0.05) is 61.3 Å². The molecule has 1 atom stereocenters. The Hall–Kier alpha value is -1.46. The fourth-order valence-electron chi connectivity index (χ4n) is 2.81. The van der Waals surface area contributed by atoms with E-state index in [1.165, 1.54) is 23.5 Å². The average Bonchev–Trinajstić information content (AvgIpc) is 3.08. The molecular formula is C16H22N4S. The molecule has 4 nitrogen and oxygen atoms in total. The predicted octanol–water partition coefficient (Wildman–Crippen LogP) is 2.90. The molecule has 112 valence electrons. The van der Waals surface area contributed by atoms with Crippen molar-refractivity contribution >= 4 is 17.0 Å². The Bertz CT molecular complexity index is 520. The van der Waals surface area contributed by atoms with E-state index in [1.807, 2.05) is 18.6 Å². The highest BCUT2D eigenvalue weighted by Gasteiger charge is 2.20. The van der Waals surface area contributed by atoms with Crippen LogP contribution in [0.1, 0.15) is 30.7 Å². The molecule has 1 unspecified atom stereocenters. The summed E-state index contributed by atoms with van der Waals surface area (Å²) in [6.45, 7) is 5.51. The number of pyridine rings is 1. The topological polar surface area (TPSA) is 41.0 Å². The van der Waals surface area contributed by atoms with Crippen molar-refractivity contribution in [2.75, 3.05) is 24.5 Å². The first kappa shape index (κ1) is 14.5. The Labute approximate surface area is 130 Å². The van der Waals surface area contributed by atoms with Gasteiger partial charge in [0.15, 0.2) is 0 Å². The van der Waals surface area contributed by atoms with Gasteiger partial charge in [0.2, 0.25) is 0 Å². The molecule has 1 fully saturated rings. The van der Waals surface area contributed by atoms with Crippen LogP contribution in [0.3, 0.4) is 0 Å². The maximum absolute atomic E-state index is 4.40. The minimum atomic E-state index is 0.503. The molecule has 0 aliphatic carbocycles. The number of hydrogen-bond donors (Lipinski definition) is 1. The lowest BCUT2D eigenvalue weighted by Gasteiger charge is -2.34. The molecule has 0 aromatic carbocycles. The van der Waals surface area contributed by atoms with Crippen molar-refractivity contribution < 1.29 is 0 Å². The van der Waals surface area contributed by atoms with Gasteiger partial charge in [-0.3, -0.25) is 4.98 Å². The smallest absolute Gasteiger partial charge is 0.0965 e. The first-order chi connectivity index (χ1) is 10.3. The zero-order valence-corrected chi connectivity index (χ0v) is 13.2. The minimum absolute atomic E-state index is 0.503. The van der Waals surface area contributed by atoms with Gasteiger partial charge >= 0.3 is 0 Å². The van der Waals surface area contributed by atoms with E-state index in [0.717, 1.165) is 19.6 Å². The van der Waals surface area contributed by atoms with Crippen LogP contribution in [0.15, 0.2) is 36.1 Å². The van der Waals surface area contributed by atoms with Gasteiger partial charge in [-0.2, -0.15) is 0 Å². The van der Waals surface area contributed by atoms with Gasteiger partial charge in [0.05, 0.1) is 5.01 Å². The third-order valence-electron chi connectivity index (χ3n) is 4.11. The molecule has 0 bridgehead atoms. The van der Waals surface area contributed by atoms with Crippen LogP contribution >= 0.6 is 11.3 Å². The van der Waals surface area contributed by atoms with E-state index in [-0.39, 0.29) is 0 Å². The summed E-state index contributed by atoms with van der Waals surface area (Å²) in [5, 5.41) is 7.00. The quantitative estimate of drug-likeness (QED) is 0.922. The van der Waals surface area contributed by atoms with Crippen molar-refractivity contribution in [2.24, 2.45) is 0 Å². The molecule has 1 N–H and O–H groups in total. The number of aromatic nitrogens is 2. The Morgan fingerprint density at radius 3 is 2.71 bits per heavy atom. The van der Waals surface area contributed by atoms with Gasteiger partial charge < -0.3 is 10.2 Å². The number of nitrogens with one attached hydrogen (secondary N) is 1. The van der Waals surface area contributed by atoms with Gasteiger partial charge in [-0.15, -0.1) is 11.3 Å². The lowest BCUT2D eigenvalue weighted by molar-refractivity contribution is 0.406. The van der Waals surface area contributed by atoms with Crippen LogP contribution in [0.4, 0.5) is 5.69 Å². The minimum Gasteiger partial charge on any atom is -0.371 e. The molecule has 3 rings (SSSR count). The summed E-state index contributed by atoms with van der Waals surface area (Å²) in [4.78, 5) is 10.9. The summed E-state index contributed by atoms with van der Waals surface area (Å²) < 4.78 is 0. The van der Waals surface area contributed by atoms with Gasteiger partial charge in [0.25, 0.3) is 0 Å². The Kier molecular flexibility index (Phi) is 4.83. The van der Waals surface area contributed by atoms with Crippen molar-refractivity contribution in [3.8, 4) is 0 Å². The van der Waals surface area contributed by atoms with E-state index in [9.17, 15) is 0 Å². The fourth-order valence-corrected chi connectivity index (χ4v) is 3.50. The van der Waals surface area contributed by atoms with E-state index in [2.05, 4.69) is 44.6 Å². The largest absolute Gasteiger partial charge is 0.371 e. The lowest BCUT2D eigenvalue weighted by atomic mass is 10.0. The van der Waals surface area contributed by atoms with Crippen molar-refractivity contribution in [1.82, 2.24) is 15.3 Å². The standard InChI is InChI=1S/C16H22N4S/c1-13(16-18-8-11-21-16)12-19-14-4-9-20(10-5-14)15-2-6-17-7-3-15/h2-3,6-8,11,13-14,19H,4-5,9-10,12H2,1H3. The lowest BCUT2D eigenvalue weighted by Crippen LogP contribution is -2.43. The molecule has 1 aliphatic rings. The van der Waals surface area contributed by atoms with E-state index in [0.29, 0.717) is 12.0 Å². The van der Waals surface area contributed by atoms with Crippen LogP contribution < -0.4 is 10.2 Å². The third kappa shape index (κ3) is 3.80. The Morgan fingerprint density at radius 2 is 2.05 bits per heavy atom. The average molecular weight is 302 g/mol. The second kappa shape index (κ2) is 7.00. The van der Waals surface area contributed by atoms with Crippen molar-refractivity contribution in [1.29, 1.82) is 0 Å². The van der Waals surface area contributed by atoms with Crippen LogP contribution in [0.25, 0.3) is 0 Å². The molecule has 5 heteroatoms. The van der Waals surface area contributed by atoms with Gasteiger partial charge in [0.1, 0.15) is 0 Å². The molecular weight excluding hydrogens is 280 g/mol. The Balaban J connectivity index is 1.44. The van der Waals surface area contributed by atoms with Gasteiger partial charge in [-0.25, -0.2) is 4.98 Å². The van der Waals surface area contributed by atoms with Crippen molar-refractivity contribution in [3.05, 3.63) is 41.1 Å².